The number of carbonyl (C=O) groups is 1. The van der Waals surface area contributed by atoms with Crippen LogP contribution >= 0.6 is 0 Å². The van der Waals surface area contributed by atoms with Gasteiger partial charge in [0.2, 0.25) is 0 Å². The van der Waals surface area contributed by atoms with E-state index in [4.69, 9.17) is 4.74 Å². The van der Waals surface area contributed by atoms with Gasteiger partial charge < -0.3 is 4.74 Å². The SMILES string of the molecule is COC(=O)C=C(c1ccccc1)n1cnc2ccccc21. The number of aromatic nitrogens is 2. The topological polar surface area (TPSA) is 44.1 Å². The third-order valence-electron chi connectivity index (χ3n) is 3.24. The van der Waals surface area contributed by atoms with Crippen LogP contribution in [0.15, 0.2) is 67.0 Å². The maximum Gasteiger partial charge on any atom is 0.332 e. The number of hydrogen-bond acceptors (Lipinski definition) is 3. The molecule has 1 aromatic heterocycles. The first-order valence-electron chi connectivity index (χ1n) is 6.57. The predicted octanol–water partition coefficient (Wildman–Crippen LogP) is 3.10. The molecule has 104 valence electrons. The van der Waals surface area contributed by atoms with E-state index in [1.54, 1.807) is 6.33 Å². The molecule has 0 aliphatic heterocycles. The Kier molecular flexibility index (Phi) is 3.51. The van der Waals surface area contributed by atoms with Crippen LogP contribution in [0.5, 0.6) is 0 Å². The van der Waals surface area contributed by atoms with E-state index in [1.165, 1.54) is 13.2 Å². The van der Waals surface area contributed by atoms with Crippen molar-refractivity contribution < 1.29 is 9.53 Å². The third kappa shape index (κ3) is 2.56. The summed E-state index contributed by atoms with van der Waals surface area (Å²) in [6, 6.07) is 17.5. The second-order valence-corrected chi connectivity index (χ2v) is 4.52. The molecular formula is C17H14N2O2. The smallest absolute Gasteiger partial charge is 0.332 e. The molecule has 4 heteroatoms. The molecule has 0 fully saturated rings. The molecule has 3 rings (SSSR count). The Balaban J connectivity index is 2.20. The maximum atomic E-state index is 11.7. The Labute approximate surface area is 122 Å². The van der Waals surface area contributed by atoms with Crippen molar-refractivity contribution in [3.05, 3.63) is 72.6 Å². The van der Waals surface area contributed by atoms with E-state index in [2.05, 4.69) is 4.98 Å². The molecule has 2 aromatic carbocycles. The Bertz CT molecular complexity index is 804. The fourth-order valence-electron chi connectivity index (χ4n) is 2.22. The fraction of sp³-hybridized carbons (Fsp3) is 0.0588. The van der Waals surface area contributed by atoms with Crippen LogP contribution in [0.1, 0.15) is 5.56 Å². The summed E-state index contributed by atoms with van der Waals surface area (Å²) in [7, 11) is 1.37. The lowest BCUT2D eigenvalue weighted by atomic mass is 10.1. The van der Waals surface area contributed by atoms with Gasteiger partial charge in [0.15, 0.2) is 0 Å². The Morgan fingerprint density at radius 3 is 2.57 bits per heavy atom. The Hall–Kier alpha value is -2.88. The van der Waals surface area contributed by atoms with E-state index in [0.717, 1.165) is 22.3 Å². The number of fused-ring (bicyclic) bond motifs is 1. The summed E-state index contributed by atoms with van der Waals surface area (Å²) in [6.45, 7) is 0. The molecule has 0 aliphatic carbocycles. The molecular weight excluding hydrogens is 264 g/mol. The summed E-state index contributed by atoms with van der Waals surface area (Å²) in [6.07, 6.45) is 3.19. The van der Waals surface area contributed by atoms with Crippen LogP contribution in [0.4, 0.5) is 0 Å². The van der Waals surface area contributed by atoms with Crippen LogP contribution < -0.4 is 0 Å². The molecule has 21 heavy (non-hydrogen) atoms. The number of esters is 1. The molecule has 1 heterocycles. The summed E-state index contributed by atoms with van der Waals surface area (Å²) in [5.74, 6) is -0.397. The lowest BCUT2D eigenvalue weighted by Crippen LogP contribution is -2.03. The largest absolute Gasteiger partial charge is 0.466 e. The number of para-hydroxylation sites is 2. The maximum absolute atomic E-state index is 11.7. The molecule has 0 N–H and O–H groups in total. The van der Waals surface area contributed by atoms with Gasteiger partial charge in [-0.15, -0.1) is 0 Å². The minimum Gasteiger partial charge on any atom is -0.466 e. The lowest BCUT2D eigenvalue weighted by molar-refractivity contribution is -0.134. The average Bonchev–Trinajstić information content (AvgIpc) is 2.97. The van der Waals surface area contributed by atoms with Gasteiger partial charge in [0.25, 0.3) is 0 Å². The first-order valence-corrected chi connectivity index (χ1v) is 6.57. The van der Waals surface area contributed by atoms with Gasteiger partial charge in [0.05, 0.1) is 23.8 Å². The van der Waals surface area contributed by atoms with Gasteiger partial charge in [-0.3, -0.25) is 4.57 Å². The van der Waals surface area contributed by atoms with Gasteiger partial charge >= 0.3 is 5.97 Å². The normalized spacial score (nSPS) is 11.6. The second kappa shape index (κ2) is 5.63. The van der Waals surface area contributed by atoms with E-state index >= 15 is 0 Å². The molecule has 0 bridgehead atoms. The third-order valence-corrected chi connectivity index (χ3v) is 3.24. The van der Waals surface area contributed by atoms with Gasteiger partial charge in [-0.1, -0.05) is 42.5 Å². The molecule has 0 aliphatic rings. The minimum absolute atomic E-state index is 0.397. The highest BCUT2D eigenvalue weighted by molar-refractivity contribution is 5.93. The molecule has 0 atom stereocenters. The number of carbonyl (C=O) groups excluding carboxylic acids is 1. The Morgan fingerprint density at radius 1 is 1.10 bits per heavy atom. The van der Waals surface area contributed by atoms with Crippen molar-refractivity contribution in [1.82, 2.24) is 9.55 Å². The van der Waals surface area contributed by atoms with E-state index in [9.17, 15) is 4.79 Å². The van der Waals surface area contributed by atoms with Crippen molar-refractivity contribution in [2.75, 3.05) is 7.11 Å². The standard InChI is InChI=1S/C17H14N2O2/c1-21-17(20)11-16(13-7-3-2-4-8-13)19-12-18-14-9-5-6-10-15(14)19/h2-12H,1H3. The number of hydrogen-bond donors (Lipinski definition) is 0. The highest BCUT2D eigenvalue weighted by Crippen LogP contribution is 2.22. The van der Waals surface area contributed by atoms with Gasteiger partial charge in [-0.05, 0) is 17.7 Å². The van der Waals surface area contributed by atoms with E-state index in [-0.39, 0.29) is 0 Å². The van der Waals surface area contributed by atoms with Crippen molar-refractivity contribution in [3.8, 4) is 0 Å². The van der Waals surface area contributed by atoms with Crippen LogP contribution in [0.3, 0.4) is 0 Å². The average molecular weight is 278 g/mol. The summed E-state index contributed by atoms with van der Waals surface area (Å²) in [4.78, 5) is 16.1. The van der Waals surface area contributed by atoms with Crippen LogP contribution in [-0.4, -0.2) is 22.6 Å². The molecule has 0 saturated carbocycles. The van der Waals surface area contributed by atoms with Crippen molar-refractivity contribution >= 4 is 22.7 Å². The number of ether oxygens (including phenoxy) is 1. The quantitative estimate of drug-likeness (QED) is 0.546. The van der Waals surface area contributed by atoms with E-state index < -0.39 is 5.97 Å². The summed E-state index contributed by atoms with van der Waals surface area (Å²) in [5.41, 5.74) is 3.47. The van der Waals surface area contributed by atoms with Crippen molar-refractivity contribution in [2.24, 2.45) is 0 Å². The highest BCUT2D eigenvalue weighted by Gasteiger charge is 2.10. The van der Waals surface area contributed by atoms with Gasteiger partial charge in [-0.25, -0.2) is 9.78 Å². The molecule has 3 aromatic rings. The molecule has 0 saturated heterocycles. The predicted molar refractivity (Wildman–Crippen MR) is 81.6 cm³/mol. The van der Waals surface area contributed by atoms with Crippen molar-refractivity contribution in [3.63, 3.8) is 0 Å². The molecule has 0 radical (unpaired) electrons. The summed E-state index contributed by atoms with van der Waals surface area (Å²) >= 11 is 0. The molecule has 0 amide bonds. The first kappa shape index (κ1) is 13.1. The van der Waals surface area contributed by atoms with Crippen molar-refractivity contribution in [2.45, 2.75) is 0 Å². The summed E-state index contributed by atoms with van der Waals surface area (Å²) in [5, 5.41) is 0. The number of benzene rings is 2. The first-order chi connectivity index (χ1) is 10.3. The molecule has 0 unspecified atom stereocenters. The molecule has 4 nitrogen and oxygen atoms in total. The van der Waals surface area contributed by atoms with Crippen LogP contribution in [-0.2, 0) is 9.53 Å². The number of methoxy groups -OCH3 is 1. The van der Waals surface area contributed by atoms with Crippen LogP contribution in [0.25, 0.3) is 16.7 Å². The summed E-state index contributed by atoms with van der Waals surface area (Å²) < 4.78 is 6.65. The van der Waals surface area contributed by atoms with Crippen LogP contribution in [0.2, 0.25) is 0 Å². The van der Waals surface area contributed by atoms with Gasteiger partial charge in [0.1, 0.15) is 6.33 Å². The minimum atomic E-state index is -0.397. The molecule has 0 spiro atoms. The number of rotatable bonds is 3. The van der Waals surface area contributed by atoms with Crippen molar-refractivity contribution in [1.29, 1.82) is 0 Å². The van der Waals surface area contributed by atoms with Gasteiger partial charge in [0, 0.05) is 6.08 Å². The zero-order valence-corrected chi connectivity index (χ0v) is 11.6. The van der Waals surface area contributed by atoms with Gasteiger partial charge in [-0.2, -0.15) is 0 Å². The van der Waals surface area contributed by atoms with E-state index in [0.29, 0.717) is 0 Å². The van der Waals surface area contributed by atoms with E-state index in [1.807, 2.05) is 59.2 Å². The zero-order valence-electron chi connectivity index (χ0n) is 11.6. The number of imidazole rings is 1. The lowest BCUT2D eigenvalue weighted by Gasteiger charge is -2.10. The van der Waals surface area contributed by atoms with Crippen LogP contribution in [0, 0.1) is 0 Å². The zero-order chi connectivity index (χ0) is 14.7. The highest BCUT2D eigenvalue weighted by atomic mass is 16.5. The Morgan fingerprint density at radius 2 is 1.81 bits per heavy atom. The number of nitrogens with zero attached hydrogens (tertiary/aromatic N) is 2. The second-order valence-electron chi connectivity index (χ2n) is 4.52. The fourth-order valence-corrected chi connectivity index (χ4v) is 2.22. The monoisotopic (exact) mass is 278 g/mol.